The van der Waals surface area contributed by atoms with Gasteiger partial charge in [0, 0.05) is 7.05 Å². The summed E-state index contributed by atoms with van der Waals surface area (Å²) in [6, 6.07) is -0.726. The summed E-state index contributed by atoms with van der Waals surface area (Å²) >= 11 is 0. The fourth-order valence-electron chi connectivity index (χ4n) is 1.27. The van der Waals surface area contributed by atoms with Crippen LogP contribution in [0.15, 0.2) is 0 Å². The van der Waals surface area contributed by atoms with Crippen LogP contribution in [0, 0.1) is 0 Å². The maximum Gasteiger partial charge on any atom is 0.405 e. The van der Waals surface area contributed by atoms with Crippen molar-refractivity contribution in [1.29, 1.82) is 0 Å². The van der Waals surface area contributed by atoms with Crippen LogP contribution in [0.5, 0.6) is 0 Å². The molecular weight excluding hydrogens is 251 g/mol. The molecular formula is C10H18F3N3O2. The molecule has 0 aromatic carbocycles. The van der Waals surface area contributed by atoms with Gasteiger partial charge >= 0.3 is 6.18 Å². The van der Waals surface area contributed by atoms with Crippen molar-refractivity contribution < 1.29 is 22.8 Å². The highest BCUT2D eigenvalue weighted by Gasteiger charge is 2.28. The molecule has 0 radical (unpaired) electrons. The van der Waals surface area contributed by atoms with E-state index in [2.05, 4.69) is 0 Å². The molecule has 0 fully saturated rings. The summed E-state index contributed by atoms with van der Waals surface area (Å²) in [6.45, 7) is 0.00435. The summed E-state index contributed by atoms with van der Waals surface area (Å²) in [7, 11) is 1.32. The molecule has 0 bridgehead atoms. The molecule has 0 aliphatic rings. The number of nitrogens with two attached hydrogens (primary N) is 1. The minimum Gasteiger partial charge on any atom is -0.345 e. The van der Waals surface area contributed by atoms with Gasteiger partial charge in [0.15, 0.2) is 0 Å². The number of alkyl halides is 3. The van der Waals surface area contributed by atoms with Gasteiger partial charge in [0.2, 0.25) is 11.8 Å². The fourth-order valence-corrected chi connectivity index (χ4v) is 1.27. The molecule has 0 heterocycles. The van der Waals surface area contributed by atoms with Gasteiger partial charge < -0.3 is 16.0 Å². The van der Waals surface area contributed by atoms with Crippen LogP contribution in [0.4, 0.5) is 13.2 Å². The Morgan fingerprint density at radius 3 is 2.39 bits per heavy atom. The monoisotopic (exact) mass is 269 g/mol. The van der Waals surface area contributed by atoms with E-state index in [4.69, 9.17) is 5.73 Å². The molecule has 5 nitrogen and oxygen atoms in total. The average molecular weight is 269 g/mol. The summed E-state index contributed by atoms with van der Waals surface area (Å²) in [5.41, 5.74) is 5.54. The lowest BCUT2D eigenvalue weighted by molar-refractivity contribution is -0.142. The third kappa shape index (κ3) is 7.10. The van der Waals surface area contributed by atoms with Gasteiger partial charge in [-0.15, -0.1) is 0 Å². The number of likely N-dealkylation sites (N-methyl/N-ethyl adjacent to an activating group) is 1. The van der Waals surface area contributed by atoms with E-state index in [0.29, 0.717) is 12.8 Å². The van der Waals surface area contributed by atoms with E-state index >= 15 is 0 Å². The minimum absolute atomic E-state index is 0.438. The van der Waals surface area contributed by atoms with E-state index in [1.807, 2.05) is 6.92 Å². The van der Waals surface area contributed by atoms with Crippen LogP contribution in [0.3, 0.4) is 0 Å². The van der Waals surface area contributed by atoms with Gasteiger partial charge in [-0.05, 0) is 6.42 Å². The van der Waals surface area contributed by atoms with E-state index in [0.717, 1.165) is 4.90 Å². The summed E-state index contributed by atoms with van der Waals surface area (Å²) in [4.78, 5) is 23.7. The summed E-state index contributed by atoms with van der Waals surface area (Å²) < 4.78 is 35.5. The molecule has 0 spiro atoms. The molecule has 1 atom stereocenters. The van der Waals surface area contributed by atoms with Gasteiger partial charge in [0.25, 0.3) is 0 Å². The number of halogens is 3. The molecule has 106 valence electrons. The highest BCUT2D eigenvalue weighted by Crippen LogP contribution is 2.12. The van der Waals surface area contributed by atoms with Crippen molar-refractivity contribution in [2.75, 3.05) is 20.1 Å². The zero-order chi connectivity index (χ0) is 14.3. The van der Waals surface area contributed by atoms with Crippen molar-refractivity contribution in [2.45, 2.75) is 32.0 Å². The second-order valence-corrected chi connectivity index (χ2v) is 3.98. The maximum atomic E-state index is 11.8. The highest BCUT2D eigenvalue weighted by molar-refractivity contribution is 5.87. The molecule has 0 aliphatic heterocycles. The van der Waals surface area contributed by atoms with E-state index in [9.17, 15) is 22.8 Å². The van der Waals surface area contributed by atoms with Crippen molar-refractivity contribution in [1.82, 2.24) is 10.2 Å². The van der Waals surface area contributed by atoms with Crippen molar-refractivity contribution in [3.8, 4) is 0 Å². The second kappa shape index (κ2) is 7.20. The van der Waals surface area contributed by atoms with Gasteiger partial charge in [-0.25, -0.2) is 0 Å². The van der Waals surface area contributed by atoms with Crippen molar-refractivity contribution in [3.63, 3.8) is 0 Å². The molecule has 0 aliphatic carbocycles. The predicted octanol–water partition coefficient (Wildman–Crippen LogP) is 0.251. The predicted molar refractivity (Wildman–Crippen MR) is 59.6 cm³/mol. The van der Waals surface area contributed by atoms with E-state index in [-0.39, 0.29) is 0 Å². The van der Waals surface area contributed by atoms with Crippen molar-refractivity contribution in [3.05, 3.63) is 0 Å². The number of hydrogen-bond acceptors (Lipinski definition) is 3. The van der Waals surface area contributed by atoms with Gasteiger partial charge in [0.05, 0.1) is 12.6 Å². The Hall–Kier alpha value is -1.31. The zero-order valence-corrected chi connectivity index (χ0v) is 10.4. The standard InChI is InChI=1S/C10H18F3N3O2/c1-3-4-7(14)9(18)16(2)5-8(17)15-6-10(11,12)13/h7H,3-6,14H2,1-2H3,(H,15,17). The van der Waals surface area contributed by atoms with E-state index in [1.165, 1.54) is 7.05 Å². The molecule has 1 unspecified atom stereocenters. The molecule has 18 heavy (non-hydrogen) atoms. The van der Waals surface area contributed by atoms with Crippen LogP contribution in [-0.4, -0.2) is 49.1 Å². The minimum atomic E-state index is -4.46. The molecule has 0 aromatic heterocycles. The summed E-state index contributed by atoms with van der Waals surface area (Å²) in [5, 5.41) is 1.68. The van der Waals surface area contributed by atoms with Gasteiger partial charge in [-0.2, -0.15) is 13.2 Å². The SMILES string of the molecule is CCCC(N)C(=O)N(C)CC(=O)NCC(F)(F)F. The first kappa shape index (κ1) is 16.7. The van der Waals surface area contributed by atoms with Crippen molar-refractivity contribution in [2.24, 2.45) is 5.73 Å². The number of nitrogens with one attached hydrogen (secondary N) is 1. The van der Waals surface area contributed by atoms with Crippen LogP contribution in [0.25, 0.3) is 0 Å². The quantitative estimate of drug-likeness (QED) is 0.726. The van der Waals surface area contributed by atoms with Crippen LogP contribution in [0.2, 0.25) is 0 Å². The number of nitrogens with zero attached hydrogens (tertiary/aromatic N) is 1. The third-order valence-electron chi connectivity index (χ3n) is 2.16. The smallest absolute Gasteiger partial charge is 0.345 e. The Labute approximate surface area is 103 Å². The summed E-state index contributed by atoms with van der Waals surface area (Å²) in [5.74, 6) is -1.33. The Morgan fingerprint density at radius 1 is 1.39 bits per heavy atom. The Balaban J connectivity index is 4.11. The summed E-state index contributed by atoms with van der Waals surface area (Å²) in [6.07, 6.45) is -3.29. The Morgan fingerprint density at radius 2 is 1.94 bits per heavy atom. The topological polar surface area (TPSA) is 75.4 Å². The van der Waals surface area contributed by atoms with Crippen LogP contribution < -0.4 is 11.1 Å². The van der Waals surface area contributed by atoms with Crippen LogP contribution in [0.1, 0.15) is 19.8 Å². The molecule has 3 N–H and O–H groups in total. The van der Waals surface area contributed by atoms with Gasteiger partial charge in [-0.3, -0.25) is 9.59 Å². The molecule has 8 heteroatoms. The maximum absolute atomic E-state index is 11.8. The number of carbonyl (C=O) groups excluding carboxylic acids is 2. The fraction of sp³-hybridized carbons (Fsp3) is 0.800. The Bertz CT molecular complexity index is 295. The number of amides is 2. The van der Waals surface area contributed by atoms with Crippen LogP contribution in [-0.2, 0) is 9.59 Å². The zero-order valence-electron chi connectivity index (χ0n) is 10.4. The molecule has 2 amide bonds. The first-order chi connectivity index (χ1) is 8.17. The van der Waals surface area contributed by atoms with Gasteiger partial charge in [-0.1, -0.05) is 13.3 Å². The lowest BCUT2D eigenvalue weighted by atomic mass is 10.1. The lowest BCUT2D eigenvalue weighted by Crippen LogP contribution is -2.47. The number of hydrogen-bond donors (Lipinski definition) is 2. The molecule has 0 aromatic rings. The van der Waals surface area contributed by atoms with E-state index < -0.39 is 37.1 Å². The first-order valence-electron chi connectivity index (χ1n) is 5.51. The Kier molecular flexibility index (Phi) is 6.67. The van der Waals surface area contributed by atoms with Gasteiger partial charge in [0.1, 0.15) is 6.54 Å². The normalized spacial score (nSPS) is 13.0. The number of carbonyl (C=O) groups is 2. The van der Waals surface area contributed by atoms with Crippen LogP contribution >= 0.6 is 0 Å². The van der Waals surface area contributed by atoms with E-state index in [1.54, 1.807) is 5.32 Å². The average Bonchev–Trinajstić information content (AvgIpc) is 2.24. The molecule has 0 saturated carbocycles. The second-order valence-electron chi connectivity index (χ2n) is 3.98. The largest absolute Gasteiger partial charge is 0.405 e. The number of rotatable bonds is 6. The lowest BCUT2D eigenvalue weighted by Gasteiger charge is -2.20. The third-order valence-corrected chi connectivity index (χ3v) is 2.16. The first-order valence-corrected chi connectivity index (χ1v) is 5.51. The molecule has 0 rings (SSSR count). The highest BCUT2D eigenvalue weighted by atomic mass is 19.4. The van der Waals surface area contributed by atoms with Crippen molar-refractivity contribution >= 4 is 11.8 Å². The molecule has 0 saturated heterocycles.